The van der Waals surface area contributed by atoms with Crippen LogP contribution < -0.4 is 5.32 Å². The standard InChI is InChI=1S/C15H20N4O3/c1-11(2)17-13(20)15(22)19-8-6-18(7-9-19)14(21)12-4-3-5-16-10-12/h3-5,10-11H,6-9H2,1-2H3,(H,17,20). The predicted octanol–water partition coefficient (Wildman–Crippen LogP) is -0.109. The molecule has 1 saturated heterocycles. The summed E-state index contributed by atoms with van der Waals surface area (Å²) in [5.74, 6) is -1.24. The number of carbonyl (C=O) groups excluding carboxylic acids is 3. The molecule has 0 unspecified atom stereocenters. The average Bonchev–Trinajstić information content (AvgIpc) is 2.54. The summed E-state index contributed by atoms with van der Waals surface area (Å²) in [5.41, 5.74) is 0.528. The van der Waals surface area contributed by atoms with Gasteiger partial charge in [0.05, 0.1) is 5.56 Å². The van der Waals surface area contributed by atoms with E-state index in [9.17, 15) is 14.4 Å². The van der Waals surface area contributed by atoms with E-state index in [0.717, 1.165) is 0 Å². The molecule has 0 radical (unpaired) electrons. The highest BCUT2D eigenvalue weighted by Gasteiger charge is 2.28. The number of hydrogen-bond acceptors (Lipinski definition) is 4. The first-order chi connectivity index (χ1) is 10.5. The first-order valence-electron chi connectivity index (χ1n) is 7.28. The van der Waals surface area contributed by atoms with Gasteiger partial charge >= 0.3 is 11.8 Å². The molecule has 7 nitrogen and oxygen atoms in total. The molecule has 1 fully saturated rings. The van der Waals surface area contributed by atoms with Crippen molar-refractivity contribution in [1.82, 2.24) is 20.1 Å². The Morgan fingerprint density at radius 1 is 1.14 bits per heavy atom. The van der Waals surface area contributed by atoms with Crippen molar-refractivity contribution >= 4 is 17.7 Å². The Bertz CT molecular complexity index is 551. The van der Waals surface area contributed by atoms with Gasteiger partial charge in [-0.2, -0.15) is 0 Å². The Kier molecular flexibility index (Phi) is 5.08. The van der Waals surface area contributed by atoms with Gasteiger partial charge in [-0.3, -0.25) is 19.4 Å². The third-order valence-corrected chi connectivity index (χ3v) is 3.38. The summed E-state index contributed by atoms with van der Waals surface area (Å²) in [7, 11) is 0. The highest BCUT2D eigenvalue weighted by Crippen LogP contribution is 2.08. The van der Waals surface area contributed by atoms with E-state index < -0.39 is 11.8 Å². The van der Waals surface area contributed by atoms with E-state index in [1.54, 1.807) is 37.1 Å². The predicted molar refractivity (Wildman–Crippen MR) is 80.0 cm³/mol. The zero-order valence-electron chi connectivity index (χ0n) is 12.8. The van der Waals surface area contributed by atoms with Crippen LogP contribution in [-0.2, 0) is 9.59 Å². The smallest absolute Gasteiger partial charge is 0.312 e. The molecule has 1 N–H and O–H groups in total. The minimum absolute atomic E-state index is 0.0788. The van der Waals surface area contributed by atoms with Gasteiger partial charge in [0.2, 0.25) is 0 Å². The van der Waals surface area contributed by atoms with Crippen LogP contribution in [0.5, 0.6) is 0 Å². The molecule has 0 spiro atoms. The van der Waals surface area contributed by atoms with Crippen molar-refractivity contribution in [3.05, 3.63) is 30.1 Å². The molecule has 3 amide bonds. The summed E-state index contributed by atoms with van der Waals surface area (Å²) in [6, 6.07) is 3.34. The molecule has 1 aliphatic heterocycles. The first-order valence-corrected chi connectivity index (χ1v) is 7.28. The Labute approximate surface area is 129 Å². The highest BCUT2D eigenvalue weighted by atomic mass is 16.2. The topological polar surface area (TPSA) is 82.6 Å². The number of nitrogens with zero attached hydrogens (tertiary/aromatic N) is 3. The lowest BCUT2D eigenvalue weighted by Crippen LogP contribution is -2.54. The minimum Gasteiger partial charge on any atom is -0.346 e. The van der Waals surface area contributed by atoms with Crippen LogP contribution in [0.3, 0.4) is 0 Å². The van der Waals surface area contributed by atoms with Crippen molar-refractivity contribution in [2.24, 2.45) is 0 Å². The van der Waals surface area contributed by atoms with Crippen LogP contribution in [0.15, 0.2) is 24.5 Å². The third-order valence-electron chi connectivity index (χ3n) is 3.38. The molecule has 0 atom stereocenters. The van der Waals surface area contributed by atoms with E-state index in [0.29, 0.717) is 31.7 Å². The van der Waals surface area contributed by atoms with E-state index in [4.69, 9.17) is 0 Å². The van der Waals surface area contributed by atoms with Gasteiger partial charge in [0, 0.05) is 44.6 Å². The highest BCUT2D eigenvalue weighted by molar-refractivity contribution is 6.35. The van der Waals surface area contributed by atoms with Crippen molar-refractivity contribution in [2.75, 3.05) is 26.2 Å². The van der Waals surface area contributed by atoms with Gasteiger partial charge in [-0.1, -0.05) is 0 Å². The lowest BCUT2D eigenvalue weighted by molar-refractivity contribution is -0.147. The number of carbonyl (C=O) groups is 3. The maximum absolute atomic E-state index is 12.3. The molecule has 1 aliphatic rings. The summed E-state index contributed by atoms with van der Waals surface area (Å²) in [4.78, 5) is 43.0. The van der Waals surface area contributed by atoms with E-state index >= 15 is 0 Å². The molecule has 2 heterocycles. The Hall–Kier alpha value is -2.44. The van der Waals surface area contributed by atoms with Crippen LogP contribution in [-0.4, -0.2) is 64.7 Å². The van der Waals surface area contributed by atoms with Gasteiger partial charge in [0.1, 0.15) is 0 Å². The van der Waals surface area contributed by atoms with Crippen molar-refractivity contribution in [2.45, 2.75) is 19.9 Å². The summed E-state index contributed by atoms with van der Waals surface area (Å²) >= 11 is 0. The molecule has 1 aromatic rings. The molecule has 0 aliphatic carbocycles. The molecular weight excluding hydrogens is 284 g/mol. The van der Waals surface area contributed by atoms with Gasteiger partial charge in [-0.05, 0) is 26.0 Å². The average molecular weight is 304 g/mol. The number of piperazine rings is 1. The van der Waals surface area contributed by atoms with Crippen LogP contribution in [0.25, 0.3) is 0 Å². The zero-order chi connectivity index (χ0) is 16.1. The fraction of sp³-hybridized carbons (Fsp3) is 0.467. The molecule has 0 aromatic carbocycles. The molecule has 118 valence electrons. The second-order valence-electron chi connectivity index (χ2n) is 5.45. The number of rotatable bonds is 2. The monoisotopic (exact) mass is 304 g/mol. The second kappa shape index (κ2) is 7.02. The molecule has 0 saturated carbocycles. The summed E-state index contributed by atoms with van der Waals surface area (Å²) in [6.45, 7) is 5.14. The third kappa shape index (κ3) is 3.81. The number of hydrogen-bond donors (Lipinski definition) is 1. The Morgan fingerprint density at radius 3 is 2.32 bits per heavy atom. The summed E-state index contributed by atoms with van der Waals surface area (Å²) in [5, 5.41) is 2.58. The van der Waals surface area contributed by atoms with Crippen molar-refractivity contribution in [3.63, 3.8) is 0 Å². The van der Waals surface area contributed by atoms with Crippen LogP contribution in [0.1, 0.15) is 24.2 Å². The van der Waals surface area contributed by atoms with Crippen LogP contribution in [0.2, 0.25) is 0 Å². The molecule has 7 heteroatoms. The maximum Gasteiger partial charge on any atom is 0.312 e. The summed E-state index contributed by atoms with van der Waals surface area (Å²) in [6.07, 6.45) is 3.14. The minimum atomic E-state index is -0.595. The molecule has 2 rings (SSSR count). The van der Waals surface area contributed by atoms with Crippen LogP contribution in [0.4, 0.5) is 0 Å². The van der Waals surface area contributed by atoms with Crippen LogP contribution >= 0.6 is 0 Å². The molecular formula is C15H20N4O3. The number of nitrogens with one attached hydrogen (secondary N) is 1. The maximum atomic E-state index is 12.3. The van der Waals surface area contributed by atoms with Gasteiger partial charge < -0.3 is 15.1 Å². The number of amides is 3. The number of pyridine rings is 1. The largest absolute Gasteiger partial charge is 0.346 e. The van der Waals surface area contributed by atoms with Crippen molar-refractivity contribution < 1.29 is 14.4 Å². The fourth-order valence-electron chi connectivity index (χ4n) is 2.25. The lowest BCUT2D eigenvalue weighted by atomic mass is 10.2. The van der Waals surface area contributed by atoms with Gasteiger partial charge in [0.15, 0.2) is 0 Å². The quantitative estimate of drug-likeness (QED) is 0.773. The molecule has 22 heavy (non-hydrogen) atoms. The van der Waals surface area contributed by atoms with E-state index in [1.165, 1.54) is 11.1 Å². The van der Waals surface area contributed by atoms with E-state index in [2.05, 4.69) is 10.3 Å². The SMILES string of the molecule is CC(C)NC(=O)C(=O)N1CCN(C(=O)c2cccnc2)CC1. The summed E-state index contributed by atoms with van der Waals surface area (Å²) < 4.78 is 0. The fourth-order valence-corrected chi connectivity index (χ4v) is 2.25. The van der Waals surface area contributed by atoms with E-state index in [1.807, 2.05) is 0 Å². The van der Waals surface area contributed by atoms with Gasteiger partial charge in [-0.15, -0.1) is 0 Å². The normalized spacial score (nSPS) is 14.9. The van der Waals surface area contributed by atoms with Gasteiger partial charge in [0.25, 0.3) is 5.91 Å². The molecule has 0 bridgehead atoms. The van der Waals surface area contributed by atoms with Crippen molar-refractivity contribution in [1.29, 1.82) is 0 Å². The lowest BCUT2D eigenvalue weighted by Gasteiger charge is -2.34. The second-order valence-corrected chi connectivity index (χ2v) is 5.45. The Balaban J connectivity index is 1.89. The van der Waals surface area contributed by atoms with E-state index in [-0.39, 0.29) is 11.9 Å². The van der Waals surface area contributed by atoms with Crippen molar-refractivity contribution in [3.8, 4) is 0 Å². The zero-order valence-corrected chi connectivity index (χ0v) is 12.8. The Morgan fingerprint density at radius 2 is 1.77 bits per heavy atom. The first kappa shape index (κ1) is 15.9. The number of aromatic nitrogens is 1. The van der Waals surface area contributed by atoms with Crippen LogP contribution in [0, 0.1) is 0 Å². The molecule has 1 aromatic heterocycles. The van der Waals surface area contributed by atoms with Gasteiger partial charge in [-0.25, -0.2) is 0 Å².